The first-order valence-corrected chi connectivity index (χ1v) is 7.96. The van der Waals surface area contributed by atoms with Gasteiger partial charge in [0.15, 0.2) is 0 Å². The summed E-state index contributed by atoms with van der Waals surface area (Å²) >= 11 is 0. The van der Waals surface area contributed by atoms with Crippen LogP contribution in [0.3, 0.4) is 0 Å². The lowest BCUT2D eigenvalue weighted by molar-refractivity contribution is 0.168. The van der Waals surface area contributed by atoms with Crippen molar-refractivity contribution in [3.63, 3.8) is 0 Å². The summed E-state index contributed by atoms with van der Waals surface area (Å²) in [5.41, 5.74) is 0. The highest BCUT2D eigenvalue weighted by atomic mass is 32.2. The third-order valence-electron chi connectivity index (χ3n) is 4.13. The molecule has 0 N–H and O–H groups in total. The second-order valence-electron chi connectivity index (χ2n) is 5.48. The van der Waals surface area contributed by atoms with Crippen LogP contribution in [0.1, 0.15) is 31.7 Å². The highest BCUT2D eigenvalue weighted by Crippen LogP contribution is 2.42. The monoisotopic (exact) mass is 285 g/mol. The topological polar surface area (TPSA) is 71.3 Å². The summed E-state index contributed by atoms with van der Waals surface area (Å²) in [5.74, 6) is 0. The summed E-state index contributed by atoms with van der Waals surface area (Å²) in [6.07, 6.45) is 6.83. The van der Waals surface area contributed by atoms with Crippen LogP contribution in [0, 0.1) is 0 Å². The Hall–Kier alpha value is -0.990. The zero-order valence-corrected chi connectivity index (χ0v) is 12.0. The molecule has 2 unspecified atom stereocenters. The summed E-state index contributed by atoms with van der Waals surface area (Å²) in [4.78, 5) is 1.73. The smallest absolute Gasteiger partial charge is 0.195 e. The molecule has 2 atom stereocenters. The molecule has 106 valence electrons. The minimum atomic E-state index is -3.31. The molecule has 2 bridgehead atoms. The highest BCUT2D eigenvalue weighted by Gasteiger charge is 2.48. The summed E-state index contributed by atoms with van der Waals surface area (Å²) in [6.45, 7) is 0. The van der Waals surface area contributed by atoms with E-state index in [2.05, 4.69) is 10.2 Å². The van der Waals surface area contributed by atoms with Gasteiger partial charge in [0.05, 0.1) is 18.4 Å². The minimum Gasteiger partial charge on any atom is -0.195 e. The Labute approximate surface area is 113 Å². The van der Waals surface area contributed by atoms with Crippen LogP contribution in [0.25, 0.3) is 0 Å². The Balaban J connectivity index is 1.84. The van der Waals surface area contributed by atoms with Crippen LogP contribution in [-0.2, 0) is 10.2 Å². The van der Waals surface area contributed by atoms with Gasteiger partial charge in [0.25, 0.3) is 10.2 Å². The third kappa shape index (κ3) is 2.07. The molecule has 7 nitrogen and oxygen atoms in total. The predicted octanol–water partition coefficient (Wildman–Crippen LogP) is 0.252. The van der Waals surface area contributed by atoms with Crippen LogP contribution < -0.4 is 0 Å². The van der Waals surface area contributed by atoms with Crippen LogP contribution in [0.2, 0.25) is 0 Å². The van der Waals surface area contributed by atoms with Gasteiger partial charge >= 0.3 is 0 Å². The number of aromatic nitrogens is 3. The third-order valence-corrected chi connectivity index (χ3v) is 6.18. The van der Waals surface area contributed by atoms with Crippen molar-refractivity contribution in [3.05, 3.63) is 12.4 Å². The van der Waals surface area contributed by atoms with E-state index in [1.54, 1.807) is 35.6 Å². The van der Waals surface area contributed by atoms with Gasteiger partial charge in [0.2, 0.25) is 0 Å². The molecule has 8 heteroatoms. The van der Waals surface area contributed by atoms with Crippen molar-refractivity contribution in [1.29, 1.82) is 0 Å². The van der Waals surface area contributed by atoms with Crippen molar-refractivity contribution in [3.8, 4) is 0 Å². The van der Waals surface area contributed by atoms with Crippen molar-refractivity contribution in [2.45, 2.75) is 43.8 Å². The molecule has 0 aromatic carbocycles. The van der Waals surface area contributed by atoms with Gasteiger partial charge in [-0.25, -0.2) is 0 Å². The molecule has 19 heavy (non-hydrogen) atoms. The second kappa shape index (κ2) is 4.53. The Morgan fingerprint density at radius 3 is 2.05 bits per heavy atom. The molecule has 1 aromatic rings. The molecule has 0 radical (unpaired) electrons. The van der Waals surface area contributed by atoms with Crippen LogP contribution in [-0.4, -0.2) is 58.2 Å². The first-order valence-electron chi connectivity index (χ1n) is 6.57. The Morgan fingerprint density at radius 1 is 1.05 bits per heavy atom. The van der Waals surface area contributed by atoms with Gasteiger partial charge in [-0.2, -0.15) is 32.0 Å². The van der Waals surface area contributed by atoms with Gasteiger partial charge in [-0.1, -0.05) is 0 Å². The predicted molar refractivity (Wildman–Crippen MR) is 69.5 cm³/mol. The van der Waals surface area contributed by atoms with Crippen molar-refractivity contribution >= 4 is 10.2 Å². The van der Waals surface area contributed by atoms with Gasteiger partial charge in [-0.3, -0.25) is 0 Å². The normalized spacial score (nSPS) is 32.1. The SMILES string of the molecule is CN(C)S(=O)(=O)N1C2CCC1CC(n1nccn1)C2. The van der Waals surface area contributed by atoms with Gasteiger partial charge in [0.1, 0.15) is 0 Å². The summed E-state index contributed by atoms with van der Waals surface area (Å²) < 4.78 is 27.7. The van der Waals surface area contributed by atoms with E-state index in [4.69, 9.17) is 0 Å². The van der Waals surface area contributed by atoms with E-state index in [1.165, 1.54) is 4.31 Å². The lowest BCUT2D eigenvalue weighted by Gasteiger charge is -2.38. The first-order chi connectivity index (χ1) is 9.00. The van der Waals surface area contributed by atoms with Crippen molar-refractivity contribution in [1.82, 2.24) is 23.6 Å². The second-order valence-corrected chi connectivity index (χ2v) is 7.53. The van der Waals surface area contributed by atoms with E-state index in [-0.39, 0.29) is 18.1 Å². The molecule has 1 aromatic heterocycles. The zero-order valence-electron chi connectivity index (χ0n) is 11.2. The number of fused-ring (bicyclic) bond motifs is 2. The lowest BCUT2D eigenvalue weighted by atomic mass is 10.0. The maximum Gasteiger partial charge on any atom is 0.281 e. The molecule has 2 fully saturated rings. The molecule has 0 spiro atoms. The zero-order chi connectivity index (χ0) is 13.6. The average molecular weight is 285 g/mol. The molecular weight excluding hydrogens is 266 g/mol. The minimum absolute atomic E-state index is 0.0853. The maximum atomic E-state index is 12.4. The Kier molecular flexibility index (Phi) is 3.11. The fourth-order valence-corrected chi connectivity index (χ4v) is 4.79. The largest absolute Gasteiger partial charge is 0.281 e. The molecule has 2 aliphatic heterocycles. The van der Waals surface area contributed by atoms with E-state index in [9.17, 15) is 8.42 Å². The fourth-order valence-electron chi connectivity index (χ4n) is 3.27. The highest BCUT2D eigenvalue weighted by molar-refractivity contribution is 7.86. The van der Waals surface area contributed by atoms with E-state index in [0.29, 0.717) is 0 Å². The molecule has 3 heterocycles. The Morgan fingerprint density at radius 2 is 1.58 bits per heavy atom. The van der Waals surface area contributed by atoms with Crippen LogP contribution in [0.5, 0.6) is 0 Å². The van der Waals surface area contributed by atoms with E-state index in [0.717, 1.165) is 25.7 Å². The summed E-state index contributed by atoms with van der Waals surface area (Å²) in [7, 11) is -0.125. The lowest BCUT2D eigenvalue weighted by Crippen LogP contribution is -2.51. The molecule has 3 rings (SSSR count). The molecule has 2 aliphatic rings. The number of hydrogen-bond donors (Lipinski definition) is 0. The van der Waals surface area contributed by atoms with Crippen molar-refractivity contribution in [2.24, 2.45) is 0 Å². The first kappa shape index (κ1) is 13.0. The molecule has 2 saturated heterocycles. The molecule has 0 aliphatic carbocycles. The Bertz CT molecular complexity index is 527. The van der Waals surface area contributed by atoms with Crippen LogP contribution in [0.4, 0.5) is 0 Å². The van der Waals surface area contributed by atoms with Gasteiger partial charge in [-0.15, -0.1) is 0 Å². The van der Waals surface area contributed by atoms with E-state index >= 15 is 0 Å². The van der Waals surface area contributed by atoms with Gasteiger partial charge < -0.3 is 0 Å². The van der Waals surface area contributed by atoms with Gasteiger partial charge in [-0.05, 0) is 25.7 Å². The fraction of sp³-hybridized carbons (Fsp3) is 0.818. The summed E-state index contributed by atoms with van der Waals surface area (Å²) in [6, 6.07) is 0.394. The number of piperidine rings is 1. The molecular formula is C11H19N5O2S. The standard InChI is InChI=1S/C11H19N5O2S/c1-14(2)19(17,18)15-9-3-4-10(15)8-11(7-9)16-12-5-6-13-16/h5-6,9-11H,3-4,7-8H2,1-2H3. The molecule has 0 amide bonds. The number of rotatable bonds is 3. The van der Waals surface area contributed by atoms with Crippen molar-refractivity contribution in [2.75, 3.05) is 14.1 Å². The van der Waals surface area contributed by atoms with E-state index < -0.39 is 10.2 Å². The van der Waals surface area contributed by atoms with Crippen LogP contribution >= 0.6 is 0 Å². The quantitative estimate of drug-likeness (QED) is 0.798. The van der Waals surface area contributed by atoms with Crippen LogP contribution in [0.15, 0.2) is 12.4 Å². The summed E-state index contributed by atoms with van der Waals surface area (Å²) in [5, 5.41) is 8.37. The molecule has 0 saturated carbocycles. The van der Waals surface area contributed by atoms with E-state index in [1.807, 2.05) is 0 Å². The maximum absolute atomic E-state index is 12.4. The van der Waals surface area contributed by atoms with Crippen molar-refractivity contribution < 1.29 is 8.42 Å². The number of nitrogens with zero attached hydrogens (tertiary/aromatic N) is 5. The average Bonchev–Trinajstić information content (AvgIpc) is 2.96. The van der Waals surface area contributed by atoms with Gasteiger partial charge in [0, 0.05) is 26.2 Å². The number of hydrogen-bond acceptors (Lipinski definition) is 4.